The lowest BCUT2D eigenvalue weighted by Gasteiger charge is -2.31. The summed E-state index contributed by atoms with van der Waals surface area (Å²) in [5, 5.41) is 21.2. The molecule has 8 heteroatoms. The molecular formula is C21H24ClN3O4. The molecule has 1 amide bonds. The fourth-order valence-electron chi connectivity index (χ4n) is 4.44. The van der Waals surface area contributed by atoms with E-state index in [1.54, 1.807) is 42.3 Å². The van der Waals surface area contributed by atoms with E-state index in [-0.39, 0.29) is 35.4 Å². The van der Waals surface area contributed by atoms with Crippen LogP contribution in [0.4, 0.5) is 0 Å². The number of carbonyl (C=O) groups is 1. The largest absolute Gasteiger partial charge is 0.508 e. The zero-order valence-electron chi connectivity index (χ0n) is 16.2. The van der Waals surface area contributed by atoms with Crippen LogP contribution in [0.25, 0.3) is 0 Å². The number of nitrogens with one attached hydrogen (secondary N) is 2. The van der Waals surface area contributed by atoms with Gasteiger partial charge in [0.15, 0.2) is 0 Å². The number of likely N-dealkylation sites (tertiary alicyclic amines) is 1. The van der Waals surface area contributed by atoms with Crippen LogP contribution >= 0.6 is 11.6 Å². The summed E-state index contributed by atoms with van der Waals surface area (Å²) < 4.78 is 5.20. The first kappa shape index (κ1) is 20.0. The fraction of sp³-hybridized carbons (Fsp3) is 0.381. The van der Waals surface area contributed by atoms with Crippen LogP contribution < -0.4 is 10.9 Å². The molecule has 0 bridgehead atoms. The summed E-state index contributed by atoms with van der Waals surface area (Å²) in [6.07, 6.45) is 0. The van der Waals surface area contributed by atoms with E-state index in [9.17, 15) is 15.0 Å². The normalized spacial score (nSPS) is 26.2. The van der Waals surface area contributed by atoms with Crippen molar-refractivity contribution in [1.29, 1.82) is 0 Å². The van der Waals surface area contributed by atoms with Gasteiger partial charge in [-0.2, -0.15) is 0 Å². The van der Waals surface area contributed by atoms with E-state index in [2.05, 4.69) is 10.9 Å². The van der Waals surface area contributed by atoms with Crippen molar-refractivity contribution in [3.05, 3.63) is 58.1 Å². The predicted molar refractivity (Wildman–Crippen MR) is 109 cm³/mol. The highest BCUT2D eigenvalue weighted by Crippen LogP contribution is 2.49. The molecule has 2 aromatic rings. The Kier molecular flexibility index (Phi) is 5.40. The standard InChI is InChI=1S/C21H24ClN3O4/c1-11-8-16(27)14(10-15(11)22)18-17-19(24-23-18)21(28)25(6-7-29-2)20(17)12-4-3-5-13(26)9-12/h3-5,8-10,17-20,23-24,26-27H,6-7H2,1-2H3. The number of nitrogens with zero attached hydrogens (tertiary/aromatic N) is 1. The number of benzene rings is 2. The average Bonchev–Trinajstić information content (AvgIpc) is 3.22. The number of carbonyl (C=O) groups excluding carboxylic acids is 1. The van der Waals surface area contributed by atoms with E-state index in [1.807, 2.05) is 13.0 Å². The van der Waals surface area contributed by atoms with Gasteiger partial charge >= 0.3 is 0 Å². The first-order valence-electron chi connectivity index (χ1n) is 9.50. The minimum absolute atomic E-state index is 0.0481. The van der Waals surface area contributed by atoms with Crippen molar-refractivity contribution in [1.82, 2.24) is 15.8 Å². The molecule has 2 saturated heterocycles. The van der Waals surface area contributed by atoms with Crippen molar-refractivity contribution in [2.75, 3.05) is 20.3 Å². The third kappa shape index (κ3) is 3.44. The van der Waals surface area contributed by atoms with Crippen LogP contribution in [-0.4, -0.2) is 47.3 Å². The van der Waals surface area contributed by atoms with E-state index in [1.165, 1.54) is 0 Å². The number of methoxy groups -OCH3 is 1. The van der Waals surface area contributed by atoms with Crippen LogP contribution in [0.5, 0.6) is 11.5 Å². The van der Waals surface area contributed by atoms with Gasteiger partial charge in [-0.05, 0) is 42.3 Å². The molecule has 0 spiro atoms. The minimum atomic E-state index is -0.469. The molecule has 0 radical (unpaired) electrons. The molecule has 7 nitrogen and oxygen atoms in total. The van der Waals surface area contributed by atoms with Crippen LogP contribution in [0.1, 0.15) is 28.8 Å². The molecule has 0 aromatic heterocycles. The van der Waals surface area contributed by atoms with Crippen molar-refractivity contribution in [2.45, 2.75) is 25.0 Å². The SMILES string of the molecule is COCCN1C(=O)C2NNC(c3cc(Cl)c(C)cc3O)C2C1c1cccc(O)c1. The number of rotatable bonds is 5. The van der Waals surface area contributed by atoms with Gasteiger partial charge in [-0.15, -0.1) is 0 Å². The van der Waals surface area contributed by atoms with E-state index in [0.29, 0.717) is 23.7 Å². The summed E-state index contributed by atoms with van der Waals surface area (Å²) in [6, 6.07) is 9.21. The number of aryl methyl sites for hydroxylation is 1. The van der Waals surface area contributed by atoms with Gasteiger partial charge in [-0.25, -0.2) is 10.9 Å². The van der Waals surface area contributed by atoms with Gasteiger partial charge in [0.25, 0.3) is 0 Å². The first-order valence-corrected chi connectivity index (χ1v) is 9.88. The summed E-state index contributed by atoms with van der Waals surface area (Å²) in [5.74, 6) is 0.00463. The molecule has 2 heterocycles. The van der Waals surface area contributed by atoms with Crippen LogP contribution in [0.3, 0.4) is 0 Å². The molecular weight excluding hydrogens is 394 g/mol. The number of hydrogen-bond acceptors (Lipinski definition) is 6. The third-order valence-corrected chi connectivity index (χ3v) is 6.21. The molecule has 0 aliphatic carbocycles. The molecule has 4 atom stereocenters. The van der Waals surface area contributed by atoms with E-state index in [0.717, 1.165) is 11.1 Å². The summed E-state index contributed by atoms with van der Waals surface area (Å²) in [5.41, 5.74) is 8.52. The number of ether oxygens (including phenoxy) is 1. The van der Waals surface area contributed by atoms with Crippen molar-refractivity contribution in [3.8, 4) is 11.5 Å². The number of phenols is 2. The maximum atomic E-state index is 13.2. The van der Waals surface area contributed by atoms with E-state index >= 15 is 0 Å². The number of hydrogen-bond donors (Lipinski definition) is 4. The van der Waals surface area contributed by atoms with E-state index in [4.69, 9.17) is 16.3 Å². The topological polar surface area (TPSA) is 94.1 Å². The number of phenolic OH excluding ortho intramolecular Hbond substituents is 2. The van der Waals surface area contributed by atoms with Crippen molar-refractivity contribution >= 4 is 17.5 Å². The average molecular weight is 418 g/mol. The first-order chi connectivity index (χ1) is 13.9. The van der Waals surface area contributed by atoms with Gasteiger partial charge in [-0.1, -0.05) is 23.7 Å². The number of amides is 1. The number of halogens is 1. The second-order valence-corrected chi connectivity index (χ2v) is 7.95. The molecule has 4 N–H and O–H groups in total. The van der Waals surface area contributed by atoms with Gasteiger partial charge in [0.2, 0.25) is 5.91 Å². The maximum Gasteiger partial charge on any atom is 0.242 e. The number of aromatic hydroxyl groups is 2. The lowest BCUT2D eigenvalue weighted by atomic mass is 9.83. The Morgan fingerprint density at radius 3 is 2.66 bits per heavy atom. The Bertz CT molecular complexity index is 938. The molecule has 4 rings (SSSR count). The van der Waals surface area contributed by atoms with Crippen molar-refractivity contribution < 1.29 is 19.7 Å². The van der Waals surface area contributed by atoms with Crippen LogP contribution in [0, 0.1) is 12.8 Å². The summed E-state index contributed by atoms with van der Waals surface area (Å²) in [4.78, 5) is 14.9. The molecule has 2 aromatic carbocycles. The number of fused-ring (bicyclic) bond motifs is 1. The molecule has 0 saturated carbocycles. The molecule has 4 unspecified atom stereocenters. The van der Waals surface area contributed by atoms with Gasteiger partial charge in [0, 0.05) is 30.2 Å². The van der Waals surface area contributed by atoms with Crippen LogP contribution in [0.15, 0.2) is 36.4 Å². The lowest BCUT2D eigenvalue weighted by Crippen LogP contribution is -2.42. The second-order valence-electron chi connectivity index (χ2n) is 7.55. The summed E-state index contributed by atoms with van der Waals surface area (Å²) in [7, 11) is 1.60. The monoisotopic (exact) mass is 417 g/mol. The Morgan fingerprint density at radius 1 is 1.17 bits per heavy atom. The van der Waals surface area contributed by atoms with Crippen LogP contribution in [0.2, 0.25) is 5.02 Å². The molecule has 2 aliphatic rings. The van der Waals surface area contributed by atoms with Crippen molar-refractivity contribution in [3.63, 3.8) is 0 Å². The Labute approximate surface area is 174 Å². The zero-order chi connectivity index (χ0) is 20.7. The molecule has 29 heavy (non-hydrogen) atoms. The zero-order valence-corrected chi connectivity index (χ0v) is 17.0. The van der Waals surface area contributed by atoms with Gasteiger partial charge < -0.3 is 19.8 Å². The highest BCUT2D eigenvalue weighted by atomic mass is 35.5. The minimum Gasteiger partial charge on any atom is -0.508 e. The summed E-state index contributed by atoms with van der Waals surface area (Å²) >= 11 is 6.32. The fourth-order valence-corrected chi connectivity index (χ4v) is 4.62. The van der Waals surface area contributed by atoms with Gasteiger partial charge in [0.05, 0.1) is 18.7 Å². The maximum absolute atomic E-state index is 13.2. The predicted octanol–water partition coefficient (Wildman–Crippen LogP) is 2.42. The number of hydrazine groups is 1. The third-order valence-electron chi connectivity index (χ3n) is 5.80. The molecule has 2 fully saturated rings. The van der Waals surface area contributed by atoms with Gasteiger partial charge in [0.1, 0.15) is 17.5 Å². The highest BCUT2D eigenvalue weighted by molar-refractivity contribution is 6.31. The van der Waals surface area contributed by atoms with Gasteiger partial charge in [-0.3, -0.25) is 4.79 Å². The Morgan fingerprint density at radius 2 is 1.93 bits per heavy atom. The van der Waals surface area contributed by atoms with Crippen molar-refractivity contribution in [2.24, 2.45) is 5.92 Å². The Hall–Kier alpha value is -2.32. The quantitative estimate of drug-likeness (QED) is 0.597. The van der Waals surface area contributed by atoms with E-state index < -0.39 is 6.04 Å². The highest BCUT2D eigenvalue weighted by Gasteiger charge is 2.55. The Balaban J connectivity index is 1.79. The summed E-state index contributed by atoms with van der Waals surface area (Å²) in [6.45, 7) is 2.66. The van der Waals surface area contributed by atoms with Crippen LogP contribution in [-0.2, 0) is 9.53 Å². The molecule has 2 aliphatic heterocycles. The molecule has 154 valence electrons. The smallest absolute Gasteiger partial charge is 0.242 e. The lowest BCUT2D eigenvalue weighted by molar-refractivity contribution is -0.131. The second kappa shape index (κ2) is 7.84.